The van der Waals surface area contributed by atoms with E-state index in [0.717, 1.165) is 10.8 Å². The molecule has 0 fully saturated rings. The summed E-state index contributed by atoms with van der Waals surface area (Å²) in [5, 5.41) is 3.59. The summed E-state index contributed by atoms with van der Waals surface area (Å²) in [5.74, 6) is -0.302. The lowest BCUT2D eigenvalue weighted by Crippen LogP contribution is -2.13. The Hall–Kier alpha value is -2.58. The van der Waals surface area contributed by atoms with Crippen LogP contribution in [0.15, 0.2) is 71.0 Å². The Labute approximate surface area is 162 Å². The largest absolute Gasteiger partial charge is 0.322 e. The molecular formula is C19H19N3O3S2. The minimum atomic E-state index is -3.33. The molecule has 3 rings (SSSR count). The number of imidazole rings is 1. The summed E-state index contributed by atoms with van der Waals surface area (Å²) in [6.07, 6.45) is 5.48. The number of benzene rings is 2. The molecule has 1 amide bonds. The van der Waals surface area contributed by atoms with E-state index in [0.29, 0.717) is 11.3 Å². The van der Waals surface area contributed by atoms with Gasteiger partial charge in [0.25, 0.3) is 5.91 Å². The molecule has 1 aromatic heterocycles. The van der Waals surface area contributed by atoms with Crippen molar-refractivity contribution in [1.82, 2.24) is 9.55 Å². The van der Waals surface area contributed by atoms with E-state index < -0.39 is 9.84 Å². The van der Waals surface area contributed by atoms with E-state index in [-0.39, 0.29) is 16.6 Å². The average Bonchev–Trinajstić information content (AvgIpc) is 3.17. The first-order valence-electron chi connectivity index (χ1n) is 8.26. The summed E-state index contributed by atoms with van der Waals surface area (Å²) in [6, 6.07) is 13.5. The van der Waals surface area contributed by atoms with Crippen LogP contribution < -0.4 is 5.32 Å². The maximum absolute atomic E-state index is 12.6. The van der Waals surface area contributed by atoms with Crippen molar-refractivity contribution < 1.29 is 13.2 Å². The molecule has 6 nitrogen and oxygen atoms in total. The molecule has 0 saturated carbocycles. The molecule has 0 saturated heterocycles. The molecule has 0 spiro atoms. The second kappa shape index (κ2) is 7.98. The van der Waals surface area contributed by atoms with Gasteiger partial charge >= 0.3 is 0 Å². The van der Waals surface area contributed by atoms with Crippen LogP contribution in [0.1, 0.15) is 17.3 Å². The molecule has 0 unspecified atom stereocenters. The zero-order valence-electron chi connectivity index (χ0n) is 14.9. The molecule has 8 heteroatoms. The maximum Gasteiger partial charge on any atom is 0.255 e. The minimum Gasteiger partial charge on any atom is -0.322 e. The Balaban J connectivity index is 1.86. The fraction of sp³-hybridized carbons (Fsp3) is 0.158. The number of anilines is 1. The normalized spacial score (nSPS) is 11.3. The lowest BCUT2D eigenvalue weighted by Gasteiger charge is -2.10. The predicted octanol–water partition coefficient (Wildman–Crippen LogP) is 3.64. The van der Waals surface area contributed by atoms with Gasteiger partial charge in [-0.1, -0.05) is 30.8 Å². The highest BCUT2D eigenvalue weighted by atomic mass is 32.2. The van der Waals surface area contributed by atoms with Gasteiger partial charge in [0.1, 0.15) is 0 Å². The Morgan fingerprint density at radius 2 is 1.96 bits per heavy atom. The fourth-order valence-electron chi connectivity index (χ4n) is 2.57. The second-order valence-corrected chi connectivity index (χ2v) is 8.77. The van der Waals surface area contributed by atoms with E-state index in [4.69, 9.17) is 0 Å². The van der Waals surface area contributed by atoms with Crippen LogP contribution in [0, 0.1) is 0 Å². The van der Waals surface area contributed by atoms with Gasteiger partial charge < -0.3 is 5.32 Å². The molecule has 0 aliphatic carbocycles. The SMILES string of the molecule is CCS(=O)(=O)c1cccc(NC(=O)c2cccc(-n3ccnc3SC)c2)c1. The smallest absolute Gasteiger partial charge is 0.255 e. The number of rotatable bonds is 6. The summed E-state index contributed by atoms with van der Waals surface area (Å²) >= 11 is 1.51. The van der Waals surface area contributed by atoms with Crippen molar-refractivity contribution in [2.24, 2.45) is 0 Å². The molecule has 27 heavy (non-hydrogen) atoms. The Morgan fingerprint density at radius 3 is 2.70 bits per heavy atom. The Morgan fingerprint density at radius 1 is 1.19 bits per heavy atom. The molecule has 0 aliphatic heterocycles. The quantitative estimate of drug-likeness (QED) is 0.638. The van der Waals surface area contributed by atoms with Crippen molar-refractivity contribution in [3.05, 3.63) is 66.5 Å². The summed E-state index contributed by atoms with van der Waals surface area (Å²) in [5.41, 5.74) is 1.73. The highest BCUT2D eigenvalue weighted by Gasteiger charge is 2.14. The monoisotopic (exact) mass is 401 g/mol. The van der Waals surface area contributed by atoms with E-state index in [9.17, 15) is 13.2 Å². The third-order valence-electron chi connectivity index (χ3n) is 4.01. The van der Waals surface area contributed by atoms with E-state index in [1.54, 1.807) is 43.5 Å². The molecule has 0 bridgehead atoms. The van der Waals surface area contributed by atoms with Crippen molar-refractivity contribution in [2.45, 2.75) is 17.0 Å². The molecule has 3 aromatic rings. The van der Waals surface area contributed by atoms with Crippen LogP contribution in [0.3, 0.4) is 0 Å². The summed E-state index contributed by atoms with van der Waals surface area (Å²) < 4.78 is 25.9. The highest BCUT2D eigenvalue weighted by molar-refractivity contribution is 7.98. The summed E-state index contributed by atoms with van der Waals surface area (Å²) in [7, 11) is -3.33. The Bertz CT molecular complexity index is 1080. The number of carbonyl (C=O) groups is 1. The summed E-state index contributed by atoms with van der Waals surface area (Å²) in [4.78, 5) is 17.1. The van der Waals surface area contributed by atoms with Crippen molar-refractivity contribution >= 4 is 33.2 Å². The Kier molecular flexibility index (Phi) is 5.67. The lowest BCUT2D eigenvalue weighted by atomic mass is 10.2. The number of hydrogen-bond acceptors (Lipinski definition) is 5. The van der Waals surface area contributed by atoms with E-state index in [1.165, 1.54) is 23.9 Å². The zero-order chi connectivity index (χ0) is 19.4. The molecule has 0 aliphatic rings. The van der Waals surface area contributed by atoms with E-state index >= 15 is 0 Å². The van der Waals surface area contributed by atoms with Crippen LogP contribution >= 0.6 is 11.8 Å². The number of sulfone groups is 1. The predicted molar refractivity (Wildman–Crippen MR) is 107 cm³/mol. The van der Waals surface area contributed by atoms with Gasteiger partial charge in [0.05, 0.1) is 10.6 Å². The van der Waals surface area contributed by atoms with Crippen LogP contribution in [0.2, 0.25) is 0 Å². The van der Waals surface area contributed by atoms with Gasteiger partial charge in [0.2, 0.25) is 0 Å². The topological polar surface area (TPSA) is 81.1 Å². The number of aromatic nitrogens is 2. The van der Waals surface area contributed by atoms with Gasteiger partial charge in [-0.25, -0.2) is 13.4 Å². The van der Waals surface area contributed by atoms with Gasteiger partial charge in [-0.05, 0) is 42.7 Å². The van der Waals surface area contributed by atoms with Crippen molar-refractivity contribution in [3.63, 3.8) is 0 Å². The molecule has 1 heterocycles. The summed E-state index contributed by atoms with van der Waals surface area (Å²) in [6.45, 7) is 1.59. The first-order chi connectivity index (χ1) is 12.9. The number of nitrogens with zero attached hydrogens (tertiary/aromatic N) is 2. The van der Waals surface area contributed by atoms with Crippen molar-refractivity contribution in [2.75, 3.05) is 17.3 Å². The van der Waals surface area contributed by atoms with Gasteiger partial charge in [0.15, 0.2) is 15.0 Å². The first-order valence-corrected chi connectivity index (χ1v) is 11.1. The zero-order valence-corrected chi connectivity index (χ0v) is 16.5. The first kappa shape index (κ1) is 19.2. The number of carbonyl (C=O) groups excluding carboxylic acids is 1. The van der Waals surface area contributed by atoms with Crippen molar-refractivity contribution in [3.8, 4) is 5.69 Å². The van der Waals surface area contributed by atoms with E-state index in [2.05, 4.69) is 10.3 Å². The fourth-order valence-corrected chi connectivity index (χ4v) is 4.03. The average molecular weight is 402 g/mol. The lowest BCUT2D eigenvalue weighted by molar-refractivity contribution is 0.102. The third-order valence-corrected chi connectivity index (χ3v) is 6.41. The van der Waals surface area contributed by atoms with Gasteiger partial charge in [0, 0.05) is 29.3 Å². The van der Waals surface area contributed by atoms with Gasteiger partial charge in [-0.3, -0.25) is 9.36 Å². The minimum absolute atomic E-state index is 0.00905. The number of nitrogens with one attached hydrogen (secondary N) is 1. The van der Waals surface area contributed by atoms with Gasteiger partial charge in [-0.15, -0.1) is 0 Å². The molecule has 1 N–H and O–H groups in total. The van der Waals surface area contributed by atoms with Crippen LogP contribution in [0.25, 0.3) is 5.69 Å². The number of thioether (sulfide) groups is 1. The molecule has 0 atom stereocenters. The van der Waals surface area contributed by atoms with E-state index in [1.807, 2.05) is 23.1 Å². The van der Waals surface area contributed by atoms with Crippen LogP contribution in [-0.2, 0) is 9.84 Å². The highest BCUT2D eigenvalue weighted by Crippen LogP contribution is 2.21. The third kappa shape index (κ3) is 4.23. The molecule has 0 radical (unpaired) electrons. The molecular weight excluding hydrogens is 382 g/mol. The van der Waals surface area contributed by atoms with Crippen LogP contribution in [0.5, 0.6) is 0 Å². The molecule has 2 aromatic carbocycles. The molecule has 140 valence electrons. The van der Waals surface area contributed by atoms with Crippen LogP contribution in [-0.4, -0.2) is 35.9 Å². The maximum atomic E-state index is 12.6. The standard InChI is InChI=1S/C19H19N3O3S2/c1-3-27(24,25)17-9-5-7-15(13-17)21-18(23)14-6-4-8-16(12-14)22-11-10-20-19(22)26-2/h4-13H,3H2,1-2H3,(H,21,23). The number of hydrogen-bond donors (Lipinski definition) is 1. The second-order valence-electron chi connectivity index (χ2n) is 5.72. The number of amides is 1. The van der Waals surface area contributed by atoms with Crippen molar-refractivity contribution in [1.29, 1.82) is 0 Å². The van der Waals surface area contributed by atoms with Gasteiger partial charge in [-0.2, -0.15) is 0 Å². The van der Waals surface area contributed by atoms with Crippen LogP contribution in [0.4, 0.5) is 5.69 Å².